The highest BCUT2D eigenvalue weighted by Crippen LogP contribution is 2.36. The van der Waals surface area contributed by atoms with Crippen molar-refractivity contribution in [3.63, 3.8) is 0 Å². The molecule has 0 aliphatic carbocycles. The second-order valence-electron chi connectivity index (χ2n) is 7.82. The lowest BCUT2D eigenvalue weighted by atomic mass is 9.81. The summed E-state index contributed by atoms with van der Waals surface area (Å²) in [7, 11) is -4.40. The van der Waals surface area contributed by atoms with Gasteiger partial charge in [0.2, 0.25) is 20.9 Å². The summed E-state index contributed by atoms with van der Waals surface area (Å²) in [6, 6.07) is 0. The molecule has 0 saturated carbocycles. The van der Waals surface area contributed by atoms with Crippen LogP contribution in [0.2, 0.25) is 0 Å². The fourth-order valence-corrected chi connectivity index (χ4v) is 4.67. The van der Waals surface area contributed by atoms with Gasteiger partial charge in [-0.25, -0.2) is 18.4 Å². The zero-order valence-corrected chi connectivity index (χ0v) is 17.4. The highest BCUT2D eigenvalue weighted by atomic mass is 35.5. The van der Waals surface area contributed by atoms with Crippen molar-refractivity contribution in [1.29, 1.82) is 0 Å². The number of sulfone groups is 1. The number of hydrogen-bond donors (Lipinski definition) is 0. The fraction of sp³-hybridized carbons (Fsp3) is 0.688. The third-order valence-corrected chi connectivity index (χ3v) is 7.69. The summed E-state index contributed by atoms with van der Waals surface area (Å²) in [5, 5.41) is -0.986. The van der Waals surface area contributed by atoms with Crippen molar-refractivity contribution < 1.29 is 22.5 Å². The number of halogens is 1. The molecule has 0 spiro atoms. The van der Waals surface area contributed by atoms with E-state index < -0.39 is 33.4 Å². The molecular weight excluding hydrogens is 393 g/mol. The Hall–Kier alpha value is -1.23. The number of amides is 1. The number of alkyl halides is 1. The van der Waals surface area contributed by atoms with Gasteiger partial charge >= 0.3 is 7.12 Å². The second kappa shape index (κ2) is 6.99. The maximum atomic E-state index is 12.8. The molecule has 0 radical (unpaired) electrons. The van der Waals surface area contributed by atoms with Gasteiger partial charge in [0, 0.05) is 30.9 Å². The van der Waals surface area contributed by atoms with Gasteiger partial charge in [0.05, 0.1) is 16.5 Å². The quantitative estimate of drug-likeness (QED) is 0.398. The minimum absolute atomic E-state index is 0.107. The van der Waals surface area contributed by atoms with Crippen LogP contribution in [-0.4, -0.2) is 71.7 Å². The molecule has 11 heteroatoms. The number of aromatic nitrogens is 2. The van der Waals surface area contributed by atoms with E-state index in [1.807, 2.05) is 27.7 Å². The fourth-order valence-electron chi connectivity index (χ4n) is 3.02. The molecule has 8 nitrogen and oxygen atoms in total. The molecule has 2 saturated heterocycles. The van der Waals surface area contributed by atoms with Gasteiger partial charge in [0.15, 0.2) is 0 Å². The Balaban J connectivity index is 1.75. The van der Waals surface area contributed by atoms with Crippen molar-refractivity contribution in [3.05, 3.63) is 12.4 Å². The number of carbonyl (C=O) groups excluding carboxylic acids is 1. The Morgan fingerprint density at radius 3 is 2.33 bits per heavy atom. The Kier molecular flexibility index (Phi) is 5.31. The van der Waals surface area contributed by atoms with Gasteiger partial charge in [-0.1, -0.05) is 0 Å². The van der Waals surface area contributed by atoms with Crippen molar-refractivity contribution in [3.8, 4) is 0 Å². The van der Waals surface area contributed by atoms with Crippen LogP contribution in [0.25, 0.3) is 0 Å². The van der Waals surface area contributed by atoms with Crippen molar-refractivity contribution in [2.24, 2.45) is 0 Å². The van der Waals surface area contributed by atoms with Crippen molar-refractivity contribution >= 4 is 39.9 Å². The predicted molar refractivity (Wildman–Crippen MR) is 101 cm³/mol. The number of rotatable bonds is 4. The summed E-state index contributed by atoms with van der Waals surface area (Å²) in [5.74, 6) is -0.433. The smallest absolute Gasteiger partial charge is 0.399 e. The first-order valence-corrected chi connectivity index (χ1v) is 10.8. The average molecular weight is 416 g/mol. The molecule has 1 amide bonds. The summed E-state index contributed by atoms with van der Waals surface area (Å²) in [6.07, 6.45) is 3.17. The van der Waals surface area contributed by atoms with E-state index >= 15 is 0 Å². The largest absolute Gasteiger partial charge is 0.498 e. The van der Waals surface area contributed by atoms with Crippen LogP contribution < -0.4 is 5.46 Å². The van der Waals surface area contributed by atoms with Gasteiger partial charge < -0.3 is 14.2 Å². The first-order chi connectivity index (χ1) is 12.5. The number of nitrogens with zero attached hydrogens (tertiary/aromatic N) is 3. The van der Waals surface area contributed by atoms with E-state index in [0.717, 1.165) is 0 Å². The molecule has 2 fully saturated rings. The predicted octanol–water partition coefficient (Wildman–Crippen LogP) is 0.389. The van der Waals surface area contributed by atoms with E-state index in [1.54, 1.807) is 0 Å². The molecule has 27 heavy (non-hydrogen) atoms. The highest BCUT2D eigenvalue weighted by molar-refractivity contribution is 7.91. The minimum Gasteiger partial charge on any atom is -0.399 e. The Labute approximate surface area is 164 Å². The van der Waals surface area contributed by atoms with Crippen LogP contribution in [0.15, 0.2) is 17.6 Å². The van der Waals surface area contributed by atoms with E-state index in [-0.39, 0.29) is 23.5 Å². The molecule has 2 aliphatic heterocycles. The Bertz CT molecular complexity index is 815. The van der Waals surface area contributed by atoms with Crippen LogP contribution >= 0.6 is 11.6 Å². The van der Waals surface area contributed by atoms with E-state index in [1.165, 1.54) is 17.3 Å². The molecule has 0 unspecified atom stereocenters. The highest BCUT2D eigenvalue weighted by Gasteiger charge is 2.52. The molecule has 2 aliphatic rings. The van der Waals surface area contributed by atoms with Crippen LogP contribution in [0, 0.1) is 0 Å². The summed E-state index contributed by atoms with van der Waals surface area (Å²) < 4.78 is 37.4. The van der Waals surface area contributed by atoms with Gasteiger partial charge in [-0.2, -0.15) is 0 Å². The summed E-state index contributed by atoms with van der Waals surface area (Å²) in [4.78, 5) is 21.2. The van der Waals surface area contributed by atoms with Crippen molar-refractivity contribution in [1.82, 2.24) is 14.9 Å². The topological polar surface area (TPSA) is 98.7 Å². The second-order valence-corrected chi connectivity index (χ2v) is 10.2. The maximum absolute atomic E-state index is 12.8. The minimum atomic E-state index is -3.74. The molecule has 0 aromatic carbocycles. The van der Waals surface area contributed by atoms with Gasteiger partial charge in [-0.05, 0) is 34.1 Å². The lowest BCUT2D eigenvalue weighted by Crippen LogP contribution is -2.41. The Morgan fingerprint density at radius 2 is 1.81 bits per heavy atom. The third-order valence-electron chi connectivity index (χ3n) is 5.48. The van der Waals surface area contributed by atoms with Gasteiger partial charge in [0.25, 0.3) is 0 Å². The number of carbonyl (C=O) groups is 1. The summed E-state index contributed by atoms with van der Waals surface area (Å²) in [5.41, 5.74) is -0.465. The van der Waals surface area contributed by atoms with Gasteiger partial charge in [0.1, 0.15) is 5.88 Å². The molecule has 0 bridgehead atoms. The standard InChI is InChI=1S/C16H23BClN3O5S/c1-15(2)16(3,4)26-17(25-15)11-8-19-14(20-9-11)27(23,24)12-5-6-21(10-12)13(22)7-18/h8-9,12H,5-7,10H2,1-4H3/t12-/m0/s1. The lowest BCUT2D eigenvalue weighted by molar-refractivity contribution is -0.127. The van der Waals surface area contributed by atoms with Crippen LogP contribution in [0.4, 0.5) is 0 Å². The molecule has 1 atom stereocenters. The van der Waals surface area contributed by atoms with E-state index in [4.69, 9.17) is 20.9 Å². The molecule has 1 aromatic rings. The van der Waals surface area contributed by atoms with Crippen LogP contribution in [-0.2, 0) is 23.9 Å². The monoisotopic (exact) mass is 415 g/mol. The summed E-state index contributed by atoms with van der Waals surface area (Å²) >= 11 is 5.54. The number of likely N-dealkylation sites (tertiary alicyclic amines) is 1. The molecule has 1 aromatic heterocycles. The van der Waals surface area contributed by atoms with E-state index in [2.05, 4.69) is 9.97 Å². The molecular formula is C16H23BClN3O5S. The molecule has 148 valence electrons. The van der Waals surface area contributed by atoms with E-state index in [0.29, 0.717) is 18.4 Å². The van der Waals surface area contributed by atoms with Gasteiger partial charge in [-0.15, -0.1) is 11.6 Å². The van der Waals surface area contributed by atoms with Crippen LogP contribution in [0.3, 0.4) is 0 Å². The normalized spacial score (nSPS) is 24.4. The van der Waals surface area contributed by atoms with E-state index in [9.17, 15) is 13.2 Å². The van der Waals surface area contributed by atoms with Gasteiger partial charge in [-0.3, -0.25) is 4.79 Å². The lowest BCUT2D eigenvalue weighted by Gasteiger charge is -2.32. The van der Waals surface area contributed by atoms with Crippen molar-refractivity contribution in [2.75, 3.05) is 19.0 Å². The third kappa shape index (κ3) is 3.72. The molecule has 3 rings (SSSR count). The van der Waals surface area contributed by atoms with Crippen LogP contribution in [0.1, 0.15) is 34.1 Å². The summed E-state index contributed by atoms with van der Waals surface area (Å²) in [6.45, 7) is 8.19. The number of hydrogen-bond acceptors (Lipinski definition) is 7. The average Bonchev–Trinajstić information content (AvgIpc) is 3.18. The van der Waals surface area contributed by atoms with Crippen molar-refractivity contribution in [2.45, 2.75) is 55.7 Å². The molecule has 0 N–H and O–H groups in total. The first kappa shape index (κ1) is 20.5. The Morgan fingerprint density at radius 1 is 1.26 bits per heavy atom. The maximum Gasteiger partial charge on any atom is 0.498 e. The molecule has 3 heterocycles. The zero-order valence-electron chi connectivity index (χ0n) is 15.8. The first-order valence-electron chi connectivity index (χ1n) is 8.73. The van der Waals surface area contributed by atoms with Crippen LogP contribution in [0.5, 0.6) is 0 Å². The SMILES string of the molecule is CC1(C)OB(c2cnc(S(=O)(=O)[C@H]3CCN(C(=O)CCl)C3)nc2)OC1(C)C. The zero-order chi connectivity index (χ0) is 20.0.